The number of benzene rings is 1. The number of hydrogen-bond donors (Lipinski definition) is 1. The smallest absolute Gasteiger partial charge is 0.336 e. The van der Waals surface area contributed by atoms with Gasteiger partial charge in [0.25, 0.3) is 0 Å². The molecule has 2 aromatic rings. The number of carbonyl (C=O) groups is 1. The van der Waals surface area contributed by atoms with Crippen molar-refractivity contribution in [3.8, 4) is 0 Å². The first kappa shape index (κ1) is 11.2. The van der Waals surface area contributed by atoms with E-state index in [4.69, 9.17) is 16.6 Å². The summed E-state index contributed by atoms with van der Waals surface area (Å²) in [4.78, 5) is 16.4. The molecule has 1 fully saturated rings. The number of carboxylic acid groups (broad SMARTS) is 1. The number of halogens is 1. The zero-order chi connectivity index (χ0) is 13.1. The fraction of sp³-hybridized carbons (Fsp3) is 0.333. The van der Waals surface area contributed by atoms with Crippen LogP contribution in [0.2, 0.25) is 5.02 Å². The molecule has 1 aromatic heterocycles. The maximum atomic E-state index is 11.7. The van der Waals surface area contributed by atoms with E-state index in [-0.39, 0.29) is 0 Å². The van der Waals surface area contributed by atoms with Crippen LogP contribution in [-0.2, 0) is 0 Å². The second kappa shape index (κ2) is 3.70. The summed E-state index contributed by atoms with van der Waals surface area (Å²) in [5.41, 5.74) is 3.16. The number of pyridine rings is 1. The summed E-state index contributed by atoms with van der Waals surface area (Å²) in [5.74, 6) is -0.0290. The van der Waals surface area contributed by atoms with E-state index in [1.165, 1.54) is 0 Å². The molecule has 1 heterocycles. The van der Waals surface area contributed by atoms with Gasteiger partial charge in [0.15, 0.2) is 0 Å². The number of aromatic nitrogens is 1. The van der Waals surface area contributed by atoms with Crippen LogP contribution < -0.4 is 0 Å². The molecule has 96 valence electrons. The minimum atomic E-state index is -0.863. The third kappa shape index (κ3) is 1.45. The summed E-state index contributed by atoms with van der Waals surface area (Å²) in [5, 5.41) is 10.8. The SMILES string of the molecule is O=C(O)c1c2c(nc3ccc(Cl)cc13)C1CCC2C1. The number of fused-ring (bicyclic) bond motifs is 6. The van der Waals surface area contributed by atoms with Crippen molar-refractivity contribution in [2.24, 2.45) is 0 Å². The molecule has 2 unspecified atom stereocenters. The predicted molar refractivity (Wildman–Crippen MR) is 73.0 cm³/mol. The van der Waals surface area contributed by atoms with Crippen LogP contribution in [0.25, 0.3) is 10.9 Å². The van der Waals surface area contributed by atoms with Crippen LogP contribution in [0.3, 0.4) is 0 Å². The molecule has 2 aliphatic rings. The van der Waals surface area contributed by atoms with Gasteiger partial charge in [0.1, 0.15) is 0 Å². The van der Waals surface area contributed by atoms with E-state index >= 15 is 0 Å². The summed E-state index contributed by atoms with van der Waals surface area (Å²) < 4.78 is 0. The van der Waals surface area contributed by atoms with Crippen molar-refractivity contribution in [3.05, 3.63) is 40.0 Å². The van der Waals surface area contributed by atoms with Gasteiger partial charge in [-0.1, -0.05) is 11.6 Å². The molecule has 0 saturated heterocycles. The zero-order valence-corrected chi connectivity index (χ0v) is 10.9. The van der Waals surface area contributed by atoms with Crippen LogP contribution >= 0.6 is 11.6 Å². The average Bonchev–Trinajstić information content (AvgIpc) is 2.97. The molecule has 1 aromatic carbocycles. The summed E-state index contributed by atoms with van der Waals surface area (Å²) >= 11 is 6.00. The minimum Gasteiger partial charge on any atom is -0.478 e. The Bertz CT molecular complexity index is 726. The van der Waals surface area contributed by atoms with Crippen LogP contribution in [0.1, 0.15) is 52.7 Å². The topological polar surface area (TPSA) is 50.2 Å². The Morgan fingerprint density at radius 2 is 2.11 bits per heavy atom. The largest absolute Gasteiger partial charge is 0.478 e. The highest BCUT2D eigenvalue weighted by molar-refractivity contribution is 6.31. The summed E-state index contributed by atoms with van der Waals surface area (Å²) in [6.45, 7) is 0. The molecule has 0 aliphatic heterocycles. The van der Waals surface area contributed by atoms with Gasteiger partial charge in [-0.25, -0.2) is 4.79 Å². The van der Waals surface area contributed by atoms with E-state index in [0.29, 0.717) is 27.8 Å². The zero-order valence-electron chi connectivity index (χ0n) is 10.2. The van der Waals surface area contributed by atoms with Crippen molar-refractivity contribution < 1.29 is 9.90 Å². The highest BCUT2D eigenvalue weighted by atomic mass is 35.5. The molecule has 2 atom stereocenters. The van der Waals surface area contributed by atoms with Gasteiger partial charge in [0.05, 0.1) is 11.1 Å². The molecule has 4 rings (SSSR count). The quantitative estimate of drug-likeness (QED) is 0.856. The summed E-state index contributed by atoms with van der Waals surface area (Å²) in [6.07, 6.45) is 3.29. The monoisotopic (exact) mass is 273 g/mol. The van der Waals surface area contributed by atoms with Gasteiger partial charge in [-0.3, -0.25) is 4.98 Å². The van der Waals surface area contributed by atoms with Crippen molar-refractivity contribution in [1.82, 2.24) is 4.98 Å². The molecule has 4 heteroatoms. The fourth-order valence-corrected chi connectivity index (χ4v) is 3.89. The lowest BCUT2D eigenvalue weighted by Crippen LogP contribution is -2.10. The summed E-state index contributed by atoms with van der Waals surface area (Å²) in [6, 6.07) is 5.30. The number of hydrogen-bond acceptors (Lipinski definition) is 2. The van der Waals surface area contributed by atoms with Crippen molar-refractivity contribution in [3.63, 3.8) is 0 Å². The minimum absolute atomic E-state index is 0.377. The number of carboxylic acids is 1. The third-order valence-electron chi connectivity index (χ3n) is 4.46. The van der Waals surface area contributed by atoms with E-state index in [0.717, 1.165) is 36.0 Å². The first-order valence-electron chi connectivity index (χ1n) is 6.51. The molecule has 3 nitrogen and oxygen atoms in total. The van der Waals surface area contributed by atoms with Gasteiger partial charge in [-0.05, 0) is 48.9 Å². The molecule has 2 aliphatic carbocycles. The lowest BCUT2D eigenvalue weighted by molar-refractivity contribution is 0.0697. The van der Waals surface area contributed by atoms with Crippen molar-refractivity contribution in [1.29, 1.82) is 0 Å². The number of rotatable bonds is 1. The first-order chi connectivity index (χ1) is 9.15. The molecule has 0 spiro atoms. The Morgan fingerprint density at radius 1 is 1.32 bits per heavy atom. The number of aromatic carboxylic acids is 1. The van der Waals surface area contributed by atoms with E-state index in [1.54, 1.807) is 12.1 Å². The first-order valence-corrected chi connectivity index (χ1v) is 6.89. The van der Waals surface area contributed by atoms with Gasteiger partial charge in [0, 0.05) is 22.0 Å². The second-order valence-electron chi connectivity index (χ2n) is 5.46. The van der Waals surface area contributed by atoms with Gasteiger partial charge in [0.2, 0.25) is 0 Å². The molecule has 1 saturated carbocycles. The molecule has 1 N–H and O–H groups in total. The fourth-order valence-electron chi connectivity index (χ4n) is 3.72. The summed E-state index contributed by atoms with van der Waals surface area (Å²) in [7, 11) is 0. The lowest BCUT2D eigenvalue weighted by atomic mass is 9.89. The molecule has 2 bridgehead atoms. The average molecular weight is 274 g/mol. The van der Waals surface area contributed by atoms with E-state index in [2.05, 4.69) is 0 Å². The molecular formula is C15H12ClNO2. The molecule has 0 radical (unpaired) electrons. The van der Waals surface area contributed by atoms with Crippen LogP contribution in [0.5, 0.6) is 0 Å². The maximum Gasteiger partial charge on any atom is 0.336 e. The maximum absolute atomic E-state index is 11.7. The van der Waals surface area contributed by atoms with Gasteiger partial charge in [-0.2, -0.15) is 0 Å². The van der Waals surface area contributed by atoms with Crippen LogP contribution in [-0.4, -0.2) is 16.1 Å². The lowest BCUT2D eigenvalue weighted by Gasteiger charge is -2.18. The van der Waals surface area contributed by atoms with Gasteiger partial charge in [-0.15, -0.1) is 0 Å². The Morgan fingerprint density at radius 3 is 2.89 bits per heavy atom. The number of nitrogens with zero attached hydrogens (tertiary/aromatic N) is 1. The van der Waals surface area contributed by atoms with Gasteiger partial charge < -0.3 is 5.11 Å². The highest BCUT2D eigenvalue weighted by Gasteiger charge is 2.41. The van der Waals surface area contributed by atoms with Crippen LogP contribution in [0, 0.1) is 0 Å². The Labute approximate surface area is 115 Å². The second-order valence-corrected chi connectivity index (χ2v) is 5.90. The van der Waals surface area contributed by atoms with Gasteiger partial charge >= 0.3 is 5.97 Å². The van der Waals surface area contributed by atoms with E-state index < -0.39 is 5.97 Å². The van der Waals surface area contributed by atoms with E-state index in [9.17, 15) is 9.90 Å². The molecular weight excluding hydrogens is 262 g/mol. The van der Waals surface area contributed by atoms with Crippen molar-refractivity contribution in [2.45, 2.75) is 31.1 Å². The standard InChI is InChI=1S/C15H12ClNO2/c16-9-3-4-11-10(6-9)13(15(18)19)12-7-1-2-8(5-7)14(12)17-11/h3-4,6-8H,1-2,5H2,(H,18,19). The Balaban J connectivity index is 2.14. The molecule has 0 amide bonds. The predicted octanol–water partition coefficient (Wildman–Crippen LogP) is 3.95. The van der Waals surface area contributed by atoms with Crippen LogP contribution in [0.15, 0.2) is 18.2 Å². The Hall–Kier alpha value is -1.61. The third-order valence-corrected chi connectivity index (χ3v) is 4.69. The normalized spacial score (nSPS) is 23.8. The van der Waals surface area contributed by atoms with E-state index in [1.807, 2.05) is 6.07 Å². The van der Waals surface area contributed by atoms with Crippen molar-refractivity contribution >= 4 is 28.5 Å². The highest BCUT2D eigenvalue weighted by Crippen LogP contribution is 2.54. The van der Waals surface area contributed by atoms with Crippen LogP contribution in [0.4, 0.5) is 0 Å². The molecule has 19 heavy (non-hydrogen) atoms. The van der Waals surface area contributed by atoms with Crippen molar-refractivity contribution in [2.75, 3.05) is 0 Å². The Kier molecular flexibility index (Phi) is 2.19.